The summed E-state index contributed by atoms with van der Waals surface area (Å²) in [4.78, 5) is 50.1. The Kier molecular flexibility index (Phi) is 8.99. The van der Waals surface area contributed by atoms with Crippen molar-refractivity contribution in [2.75, 3.05) is 0 Å². The average Bonchev–Trinajstić information content (AvgIpc) is 3.52. The van der Waals surface area contributed by atoms with Crippen LogP contribution in [0.5, 0.6) is 0 Å². The first kappa shape index (κ1) is 27.2. The minimum Gasteiger partial charge on any atom is -0.478 e. The van der Waals surface area contributed by atoms with Crippen LogP contribution in [-0.4, -0.2) is 33.7 Å². The molecule has 2 aromatic heterocycles. The van der Waals surface area contributed by atoms with E-state index >= 15 is 0 Å². The second-order valence-electron chi connectivity index (χ2n) is 8.88. The number of thiophene rings is 2. The highest BCUT2D eigenvalue weighted by atomic mass is 32.1. The predicted octanol–water partition coefficient (Wildman–Crippen LogP) is 7.02. The highest BCUT2D eigenvalue weighted by Crippen LogP contribution is 2.34. The first-order valence-corrected chi connectivity index (χ1v) is 13.9. The van der Waals surface area contributed by atoms with E-state index in [1.807, 2.05) is 60.7 Å². The number of carbonyl (C=O) groups excluding carboxylic acids is 2. The molecule has 0 saturated heterocycles. The lowest BCUT2D eigenvalue weighted by molar-refractivity contribution is -0.120. The third kappa shape index (κ3) is 6.51. The van der Waals surface area contributed by atoms with Crippen LogP contribution in [0.3, 0.4) is 0 Å². The van der Waals surface area contributed by atoms with Gasteiger partial charge < -0.3 is 10.2 Å². The first-order valence-electron chi connectivity index (χ1n) is 12.2. The van der Waals surface area contributed by atoms with Gasteiger partial charge in [0.15, 0.2) is 0 Å². The second-order valence-corrected chi connectivity index (χ2v) is 10.8. The molecular formula is C30H26O6S2. The molecule has 0 aliphatic rings. The number of aromatic carboxylic acids is 2. The number of unbranched alkanes of at least 4 members (excludes halogenated alkanes) is 1. The third-order valence-electron chi connectivity index (χ3n) is 6.21. The van der Waals surface area contributed by atoms with Gasteiger partial charge in [-0.25, -0.2) is 9.59 Å². The van der Waals surface area contributed by atoms with Gasteiger partial charge in [0, 0.05) is 46.6 Å². The van der Waals surface area contributed by atoms with Crippen molar-refractivity contribution in [3.05, 3.63) is 92.3 Å². The van der Waals surface area contributed by atoms with Crippen molar-refractivity contribution in [3.63, 3.8) is 0 Å². The molecule has 2 heterocycles. The number of carboxylic acids is 2. The number of ketones is 2. The molecular weight excluding hydrogens is 520 g/mol. The molecule has 0 amide bonds. The lowest BCUT2D eigenvalue weighted by Gasteiger charge is -2.05. The van der Waals surface area contributed by atoms with E-state index in [4.69, 9.17) is 0 Å². The van der Waals surface area contributed by atoms with E-state index in [1.54, 1.807) is 10.8 Å². The quantitative estimate of drug-likeness (QED) is 0.174. The molecule has 8 heteroatoms. The fourth-order valence-corrected chi connectivity index (χ4v) is 6.51. The molecule has 2 aromatic carbocycles. The third-order valence-corrected chi connectivity index (χ3v) is 8.18. The number of hydrogen-bond acceptors (Lipinski definition) is 6. The van der Waals surface area contributed by atoms with E-state index < -0.39 is 11.9 Å². The maximum absolute atomic E-state index is 12.6. The van der Waals surface area contributed by atoms with E-state index in [0.717, 1.165) is 11.1 Å². The van der Waals surface area contributed by atoms with Crippen LogP contribution < -0.4 is 0 Å². The summed E-state index contributed by atoms with van der Waals surface area (Å²) in [6, 6.07) is 18.5. The van der Waals surface area contributed by atoms with Crippen molar-refractivity contribution in [2.24, 2.45) is 0 Å². The van der Waals surface area contributed by atoms with Gasteiger partial charge in [0.05, 0.1) is 11.1 Å². The van der Waals surface area contributed by atoms with Crippen LogP contribution in [0.4, 0.5) is 0 Å². The molecule has 0 radical (unpaired) electrons. The summed E-state index contributed by atoms with van der Waals surface area (Å²) < 4.78 is 0. The van der Waals surface area contributed by atoms with E-state index in [2.05, 4.69) is 0 Å². The van der Waals surface area contributed by atoms with E-state index in [-0.39, 0.29) is 48.4 Å². The van der Waals surface area contributed by atoms with E-state index in [1.165, 1.54) is 22.7 Å². The Hall–Kier alpha value is -3.88. The van der Waals surface area contributed by atoms with Crippen LogP contribution >= 0.6 is 22.7 Å². The fraction of sp³-hybridized carbons (Fsp3) is 0.200. The number of carboxylic acid groups (broad SMARTS) is 2. The molecule has 0 saturated carbocycles. The Morgan fingerprint density at radius 2 is 0.947 bits per heavy atom. The maximum atomic E-state index is 12.6. The minimum atomic E-state index is -1.05. The molecule has 6 nitrogen and oxygen atoms in total. The molecule has 194 valence electrons. The summed E-state index contributed by atoms with van der Waals surface area (Å²) in [6.45, 7) is 0. The minimum absolute atomic E-state index is 0.0481. The van der Waals surface area contributed by atoms with Crippen molar-refractivity contribution in [3.8, 4) is 22.3 Å². The van der Waals surface area contributed by atoms with Gasteiger partial charge in [-0.15, -0.1) is 22.7 Å². The first-order chi connectivity index (χ1) is 18.3. The topological polar surface area (TPSA) is 109 Å². The van der Waals surface area contributed by atoms with Crippen molar-refractivity contribution >= 4 is 46.2 Å². The molecule has 38 heavy (non-hydrogen) atoms. The highest BCUT2D eigenvalue weighted by Gasteiger charge is 2.22. The fourth-order valence-electron chi connectivity index (χ4n) is 4.36. The molecule has 0 spiro atoms. The summed E-state index contributed by atoms with van der Waals surface area (Å²) in [7, 11) is 0. The van der Waals surface area contributed by atoms with Gasteiger partial charge in [0.25, 0.3) is 0 Å². The Balaban J connectivity index is 1.30. The Labute approximate surface area is 228 Å². The Bertz CT molecular complexity index is 1340. The van der Waals surface area contributed by atoms with Crippen LogP contribution in [0.25, 0.3) is 22.3 Å². The molecule has 4 aromatic rings. The van der Waals surface area contributed by atoms with Crippen molar-refractivity contribution in [1.82, 2.24) is 0 Å². The molecule has 0 aliphatic carbocycles. The molecule has 0 unspecified atom stereocenters. The number of rotatable bonds is 13. The lowest BCUT2D eigenvalue weighted by atomic mass is 9.99. The molecule has 0 bridgehead atoms. The predicted molar refractivity (Wildman–Crippen MR) is 149 cm³/mol. The smallest absolute Gasteiger partial charge is 0.337 e. The number of carbonyl (C=O) groups is 4. The van der Waals surface area contributed by atoms with Gasteiger partial charge in [-0.3, -0.25) is 9.59 Å². The number of benzene rings is 2. The van der Waals surface area contributed by atoms with Gasteiger partial charge in [0.2, 0.25) is 0 Å². The normalized spacial score (nSPS) is 10.8. The lowest BCUT2D eigenvalue weighted by Crippen LogP contribution is -2.08. The van der Waals surface area contributed by atoms with Crippen LogP contribution in [-0.2, 0) is 22.4 Å². The molecule has 2 N–H and O–H groups in total. The summed E-state index contributed by atoms with van der Waals surface area (Å²) in [5.41, 5.74) is 3.16. The number of Topliss-reactive ketones (excluding diaryl/α,β-unsaturated/α-hetero) is 2. The van der Waals surface area contributed by atoms with Crippen LogP contribution in [0, 0.1) is 0 Å². The molecule has 0 aliphatic heterocycles. The molecule has 4 rings (SSSR count). The van der Waals surface area contributed by atoms with Gasteiger partial charge in [-0.1, -0.05) is 60.7 Å². The summed E-state index contributed by atoms with van der Waals surface area (Å²) in [5, 5.41) is 23.0. The van der Waals surface area contributed by atoms with E-state index in [0.29, 0.717) is 33.7 Å². The van der Waals surface area contributed by atoms with Crippen molar-refractivity contribution in [1.29, 1.82) is 0 Å². The van der Waals surface area contributed by atoms with Crippen molar-refractivity contribution < 1.29 is 29.4 Å². The van der Waals surface area contributed by atoms with Crippen LogP contribution in [0.1, 0.15) is 56.2 Å². The van der Waals surface area contributed by atoms with Crippen molar-refractivity contribution in [2.45, 2.75) is 38.5 Å². The van der Waals surface area contributed by atoms with Gasteiger partial charge in [-0.2, -0.15) is 0 Å². The Morgan fingerprint density at radius 1 is 0.579 bits per heavy atom. The second kappa shape index (κ2) is 12.6. The number of hydrogen-bond donors (Lipinski definition) is 2. The van der Waals surface area contributed by atoms with Gasteiger partial charge >= 0.3 is 11.9 Å². The van der Waals surface area contributed by atoms with Gasteiger partial charge in [0.1, 0.15) is 11.6 Å². The molecule has 0 atom stereocenters. The Morgan fingerprint density at radius 3 is 1.29 bits per heavy atom. The molecule has 0 fully saturated rings. The van der Waals surface area contributed by atoms with E-state index in [9.17, 15) is 29.4 Å². The van der Waals surface area contributed by atoms with Crippen LogP contribution in [0.15, 0.2) is 71.4 Å². The average molecular weight is 547 g/mol. The van der Waals surface area contributed by atoms with Crippen LogP contribution in [0.2, 0.25) is 0 Å². The maximum Gasteiger partial charge on any atom is 0.337 e. The monoisotopic (exact) mass is 546 g/mol. The zero-order valence-corrected chi connectivity index (χ0v) is 22.1. The standard InChI is InChI=1S/C30H26O6S2/c31-21(15-25-27(29(33)34)23(17-37-25)19-9-3-1-4-10-19)13-7-8-14-22(32)16-26-28(30(35)36)24(18-38-26)20-11-5-2-6-12-20/h1-6,9-12,17-18H,7-8,13-16H2,(H,33,34)(H,35,36). The largest absolute Gasteiger partial charge is 0.478 e. The zero-order chi connectivity index (χ0) is 27.1. The summed E-state index contributed by atoms with van der Waals surface area (Å²) in [5.74, 6) is -2.24. The summed E-state index contributed by atoms with van der Waals surface area (Å²) in [6.07, 6.45) is 1.62. The highest BCUT2D eigenvalue weighted by molar-refractivity contribution is 7.11. The zero-order valence-electron chi connectivity index (χ0n) is 20.5. The summed E-state index contributed by atoms with van der Waals surface area (Å²) >= 11 is 2.55. The van der Waals surface area contributed by atoms with Gasteiger partial charge in [-0.05, 0) is 34.7 Å². The SMILES string of the molecule is O=C(CCCCC(=O)Cc1scc(-c2ccccc2)c1C(=O)O)Cc1scc(-c2ccccc2)c1C(=O)O.